The zero-order valence-electron chi connectivity index (χ0n) is 7.87. The Morgan fingerprint density at radius 1 is 1.29 bits per heavy atom. The quantitative estimate of drug-likeness (QED) is 0.720. The lowest BCUT2D eigenvalue weighted by molar-refractivity contribution is 0.627. The average Bonchev–Trinajstić information content (AvgIpc) is 2.19. The van der Waals surface area contributed by atoms with Crippen molar-refractivity contribution in [2.24, 2.45) is 4.99 Å². The molecule has 1 heterocycles. The highest BCUT2D eigenvalue weighted by Crippen LogP contribution is 2.06. The summed E-state index contributed by atoms with van der Waals surface area (Å²) in [6, 6.07) is 6.57. The lowest BCUT2D eigenvalue weighted by Gasteiger charge is -2.16. The molecule has 1 aliphatic rings. The molecule has 0 bridgehead atoms. The van der Waals surface area contributed by atoms with Gasteiger partial charge >= 0.3 is 0 Å². The summed E-state index contributed by atoms with van der Waals surface area (Å²) in [6.45, 7) is 2.04. The predicted octanol–water partition coefficient (Wildman–Crippen LogP) is 2.08. The van der Waals surface area contributed by atoms with E-state index in [2.05, 4.69) is 10.3 Å². The van der Waals surface area contributed by atoms with Crippen LogP contribution in [0.2, 0.25) is 0 Å². The summed E-state index contributed by atoms with van der Waals surface area (Å²) >= 11 is 0. The number of hydrogen-bond acceptors (Lipinski definition) is 2. The van der Waals surface area contributed by atoms with Crippen LogP contribution in [0.3, 0.4) is 0 Å². The Kier molecular flexibility index (Phi) is 2.31. The summed E-state index contributed by atoms with van der Waals surface area (Å²) in [5.74, 6) is 0.564. The third kappa shape index (κ3) is 1.82. The minimum Gasteiger partial charge on any atom is -0.364 e. The standard InChI is InChI=1S/C11H11FN2/c1-8-6-7-13-11(14-8)9-2-4-10(12)5-3-9/h2-8H,1H3,(H,13,14). The maximum absolute atomic E-state index is 12.7. The van der Waals surface area contributed by atoms with Crippen molar-refractivity contribution in [3.8, 4) is 0 Å². The third-order valence-electron chi connectivity index (χ3n) is 2.06. The molecule has 0 amide bonds. The first-order chi connectivity index (χ1) is 6.75. The Bertz CT molecular complexity index is 379. The fourth-order valence-electron chi connectivity index (χ4n) is 1.31. The molecule has 0 radical (unpaired) electrons. The molecule has 72 valence electrons. The molecule has 0 aliphatic carbocycles. The zero-order chi connectivity index (χ0) is 9.97. The van der Waals surface area contributed by atoms with Gasteiger partial charge in [-0.3, -0.25) is 0 Å². The Morgan fingerprint density at radius 3 is 2.64 bits per heavy atom. The van der Waals surface area contributed by atoms with Gasteiger partial charge in [0.15, 0.2) is 0 Å². The zero-order valence-corrected chi connectivity index (χ0v) is 7.87. The summed E-state index contributed by atoms with van der Waals surface area (Å²) in [6.07, 6.45) is 3.73. The predicted molar refractivity (Wildman–Crippen MR) is 54.7 cm³/mol. The SMILES string of the molecule is CC1C=CN=C(c2ccc(F)cc2)N1. The van der Waals surface area contributed by atoms with Crippen molar-refractivity contribution in [1.82, 2.24) is 5.32 Å². The van der Waals surface area contributed by atoms with Gasteiger partial charge in [-0.25, -0.2) is 9.38 Å². The first-order valence-electron chi connectivity index (χ1n) is 4.52. The van der Waals surface area contributed by atoms with Crippen LogP contribution in [-0.2, 0) is 0 Å². The molecule has 1 atom stereocenters. The molecule has 0 aromatic heterocycles. The molecule has 0 saturated carbocycles. The van der Waals surface area contributed by atoms with Crippen LogP contribution in [0, 0.1) is 5.82 Å². The highest BCUT2D eigenvalue weighted by Gasteiger charge is 2.08. The molecule has 3 heteroatoms. The second kappa shape index (κ2) is 3.62. The van der Waals surface area contributed by atoms with Gasteiger partial charge in [-0.2, -0.15) is 0 Å². The molecule has 14 heavy (non-hydrogen) atoms. The van der Waals surface area contributed by atoms with Crippen LogP contribution in [0.25, 0.3) is 0 Å². The lowest BCUT2D eigenvalue weighted by atomic mass is 10.1. The smallest absolute Gasteiger partial charge is 0.133 e. The fourth-order valence-corrected chi connectivity index (χ4v) is 1.31. The van der Waals surface area contributed by atoms with E-state index in [1.807, 2.05) is 13.0 Å². The fraction of sp³-hybridized carbons (Fsp3) is 0.182. The van der Waals surface area contributed by atoms with E-state index in [1.54, 1.807) is 18.3 Å². The molecular formula is C11H11FN2. The van der Waals surface area contributed by atoms with Gasteiger partial charge in [-0.1, -0.05) is 0 Å². The van der Waals surface area contributed by atoms with E-state index in [-0.39, 0.29) is 11.9 Å². The maximum Gasteiger partial charge on any atom is 0.133 e. The van der Waals surface area contributed by atoms with Crippen molar-refractivity contribution < 1.29 is 4.39 Å². The average molecular weight is 190 g/mol. The van der Waals surface area contributed by atoms with E-state index >= 15 is 0 Å². The lowest BCUT2D eigenvalue weighted by Crippen LogP contribution is -2.33. The van der Waals surface area contributed by atoms with Crippen molar-refractivity contribution in [2.75, 3.05) is 0 Å². The molecule has 2 nitrogen and oxygen atoms in total. The van der Waals surface area contributed by atoms with E-state index in [9.17, 15) is 4.39 Å². The molecule has 0 fully saturated rings. The number of aliphatic imine (C=N–C) groups is 1. The highest BCUT2D eigenvalue weighted by molar-refractivity contribution is 5.99. The van der Waals surface area contributed by atoms with Crippen LogP contribution in [0.1, 0.15) is 12.5 Å². The topological polar surface area (TPSA) is 24.4 Å². The van der Waals surface area contributed by atoms with Gasteiger partial charge in [0, 0.05) is 17.8 Å². The van der Waals surface area contributed by atoms with Gasteiger partial charge in [0.2, 0.25) is 0 Å². The first-order valence-corrected chi connectivity index (χ1v) is 4.52. The van der Waals surface area contributed by atoms with Gasteiger partial charge in [-0.05, 0) is 37.3 Å². The van der Waals surface area contributed by atoms with Crippen molar-refractivity contribution in [3.63, 3.8) is 0 Å². The summed E-state index contributed by atoms with van der Waals surface area (Å²) in [5, 5.41) is 3.19. The molecular weight excluding hydrogens is 179 g/mol. The Morgan fingerprint density at radius 2 is 2.00 bits per heavy atom. The Hall–Kier alpha value is -1.64. The Balaban J connectivity index is 2.27. The van der Waals surface area contributed by atoms with E-state index in [4.69, 9.17) is 0 Å². The maximum atomic E-state index is 12.7. The number of benzene rings is 1. The number of nitrogens with zero attached hydrogens (tertiary/aromatic N) is 1. The third-order valence-corrected chi connectivity index (χ3v) is 2.06. The summed E-state index contributed by atoms with van der Waals surface area (Å²) < 4.78 is 12.7. The van der Waals surface area contributed by atoms with Crippen LogP contribution >= 0.6 is 0 Å². The molecule has 0 spiro atoms. The second-order valence-corrected chi connectivity index (χ2v) is 3.26. The van der Waals surface area contributed by atoms with Gasteiger partial charge in [0.25, 0.3) is 0 Å². The van der Waals surface area contributed by atoms with Crippen molar-refractivity contribution in [3.05, 3.63) is 47.9 Å². The summed E-state index contributed by atoms with van der Waals surface area (Å²) in [7, 11) is 0. The Labute approximate surface area is 82.2 Å². The number of amidine groups is 1. The summed E-state index contributed by atoms with van der Waals surface area (Å²) in [4.78, 5) is 4.18. The molecule has 1 aromatic rings. The number of rotatable bonds is 1. The highest BCUT2D eigenvalue weighted by atomic mass is 19.1. The van der Waals surface area contributed by atoms with Crippen LogP contribution in [0.4, 0.5) is 4.39 Å². The van der Waals surface area contributed by atoms with Crippen molar-refractivity contribution >= 4 is 5.84 Å². The van der Waals surface area contributed by atoms with Gasteiger partial charge < -0.3 is 5.32 Å². The van der Waals surface area contributed by atoms with E-state index < -0.39 is 0 Å². The van der Waals surface area contributed by atoms with Crippen LogP contribution in [0.15, 0.2) is 41.5 Å². The molecule has 1 aliphatic heterocycles. The van der Waals surface area contributed by atoms with Gasteiger partial charge in [0.05, 0.1) is 0 Å². The first kappa shape index (κ1) is 8.94. The van der Waals surface area contributed by atoms with Gasteiger partial charge in [-0.15, -0.1) is 0 Å². The molecule has 0 saturated heterocycles. The van der Waals surface area contributed by atoms with Crippen LogP contribution in [-0.4, -0.2) is 11.9 Å². The number of hydrogen-bond donors (Lipinski definition) is 1. The minimum atomic E-state index is -0.228. The van der Waals surface area contributed by atoms with E-state index in [0.29, 0.717) is 0 Å². The molecule has 1 N–H and O–H groups in total. The largest absolute Gasteiger partial charge is 0.364 e. The monoisotopic (exact) mass is 190 g/mol. The number of nitrogens with one attached hydrogen (secondary N) is 1. The van der Waals surface area contributed by atoms with Crippen molar-refractivity contribution in [1.29, 1.82) is 0 Å². The number of halogens is 1. The summed E-state index contributed by atoms with van der Waals surface area (Å²) in [5.41, 5.74) is 0.905. The minimum absolute atomic E-state index is 0.228. The van der Waals surface area contributed by atoms with Crippen LogP contribution < -0.4 is 5.32 Å². The van der Waals surface area contributed by atoms with Crippen molar-refractivity contribution in [2.45, 2.75) is 13.0 Å². The molecule has 2 rings (SSSR count). The van der Waals surface area contributed by atoms with E-state index in [0.717, 1.165) is 11.4 Å². The van der Waals surface area contributed by atoms with E-state index in [1.165, 1.54) is 12.1 Å². The molecule has 1 unspecified atom stereocenters. The normalized spacial score (nSPS) is 20.1. The van der Waals surface area contributed by atoms with Gasteiger partial charge in [0.1, 0.15) is 11.7 Å². The second-order valence-electron chi connectivity index (χ2n) is 3.26. The van der Waals surface area contributed by atoms with Crippen LogP contribution in [0.5, 0.6) is 0 Å². The molecule has 1 aromatic carbocycles.